The van der Waals surface area contributed by atoms with E-state index in [4.69, 9.17) is 10.2 Å². The standard InChI is InChI=1S/C7H15O2/c1-3-7(9)4-6(2)5-8/h6-9H,1,3-5H2,2H3. The van der Waals surface area contributed by atoms with E-state index in [1.165, 1.54) is 0 Å². The molecule has 0 saturated heterocycles. The van der Waals surface area contributed by atoms with Crippen molar-refractivity contribution in [3.63, 3.8) is 0 Å². The summed E-state index contributed by atoms with van der Waals surface area (Å²) < 4.78 is 0. The van der Waals surface area contributed by atoms with Gasteiger partial charge < -0.3 is 10.2 Å². The SMILES string of the molecule is [CH2]CC(O)CC(C)CO. The number of rotatable bonds is 4. The Hall–Kier alpha value is -0.0800. The van der Waals surface area contributed by atoms with E-state index in [2.05, 4.69) is 6.92 Å². The van der Waals surface area contributed by atoms with Crippen LogP contribution in [0.25, 0.3) is 0 Å². The number of hydrogen-bond acceptors (Lipinski definition) is 2. The van der Waals surface area contributed by atoms with Crippen molar-refractivity contribution in [2.75, 3.05) is 6.61 Å². The van der Waals surface area contributed by atoms with E-state index in [9.17, 15) is 0 Å². The lowest BCUT2D eigenvalue weighted by Gasteiger charge is -2.11. The molecule has 0 spiro atoms. The second-order valence-corrected chi connectivity index (χ2v) is 2.47. The van der Waals surface area contributed by atoms with Crippen molar-refractivity contribution in [2.24, 2.45) is 5.92 Å². The quantitative estimate of drug-likeness (QED) is 0.586. The van der Waals surface area contributed by atoms with Crippen LogP contribution in [0.15, 0.2) is 0 Å². The van der Waals surface area contributed by atoms with Gasteiger partial charge in [-0.15, -0.1) is 0 Å². The lowest BCUT2D eigenvalue weighted by molar-refractivity contribution is 0.123. The number of hydrogen-bond donors (Lipinski definition) is 2. The molecule has 2 unspecified atom stereocenters. The third-order valence-electron chi connectivity index (χ3n) is 1.32. The van der Waals surface area contributed by atoms with Crippen molar-refractivity contribution in [3.05, 3.63) is 6.92 Å². The third-order valence-corrected chi connectivity index (χ3v) is 1.32. The van der Waals surface area contributed by atoms with Gasteiger partial charge in [0.05, 0.1) is 6.10 Å². The molecule has 0 aromatic rings. The Morgan fingerprint density at radius 1 is 1.56 bits per heavy atom. The van der Waals surface area contributed by atoms with Gasteiger partial charge in [0.15, 0.2) is 0 Å². The smallest absolute Gasteiger partial charge is 0.0543 e. The molecule has 0 amide bonds. The maximum Gasteiger partial charge on any atom is 0.0543 e. The van der Waals surface area contributed by atoms with Gasteiger partial charge in [0, 0.05) is 6.61 Å². The Bertz CT molecular complexity index is 55.9. The minimum atomic E-state index is -0.341. The average Bonchev–Trinajstić information content (AvgIpc) is 1.87. The Kier molecular flexibility index (Phi) is 4.72. The van der Waals surface area contributed by atoms with E-state index in [0.717, 1.165) is 0 Å². The zero-order chi connectivity index (χ0) is 7.28. The Balaban J connectivity index is 3.22. The van der Waals surface area contributed by atoms with Crippen LogP contribution in [0.3, 0.4) is 0 Å². The van der Waals surface area contributed by atoms with Crippen LogP contribution in [0.1, 0.15) is 19.8 Å². The number of aliphatic hydroxyl groups excluding tert-OH is 2. The van der Waals surface area contributed by atoms with Crippen LogP contribution in [0.5, 0.6) is 0 Å². The summed E-state index contributed by atoms with van der Waals surface area (Å²) in [6.07, 6.45) is 0.844. The highest BCUT2D eigenvalue weighted by Gasteiger charge is 2.05. The zero-order valence-corrected chi connectivity index (χ0v) is 5.88. The molecule has 0 aromatic carbocycles. The first-order valence-electron chi connectivity index (χ1n) is 3.28. The predicted octanol–water partition coefficient (Wildman–Crippen LogP) is 0.590. The molecule has 0 aliphatic heterocycles. The third kappa shape index (κ3) is 4.43. The first-order valence-corrected chi connectivity index (χ1v) is 3.28. The summed E-state index contributed by atoms with van der Waals surface area (Å²) in [5, 5.41) is 17.5. The fourth-order valence-corrected chi connectivity index (χ4v) is 0.657. The van der Waals surface area contributed by atoms with Gasteiger partial charge in [-0.3, -0.25) is 0 Å². The summed E-state index contributed by atoms with van der Waals surface area (Å²) in [5.74, 6) is 0.196. The summed E-state index contributed by atoms with van der Waals surface area (Å²) in [7, 11) is 0. The summed E-state index contributed by atoms with van der Waals surface area (Å²) in [6.45, 7) is 5.59. The molecule has 9 heavy (non-hydrogen) atoms. The first-order chi connectivity index (χ1) is 4.20. The molecule has 0 saturated carbocycles. The molecule has 55 valence electrons. The Labute approximate surface area is 56.5 Å². The van der Waals surface area contributed by atoms with Crippen molar-refractivity contribution in [3.8, 4) is 0 Å². The molecule has 0 bridgehead atoms. The van der Waals surface area contributed by atoms with E-state index >= 15 is 0 Å². The van der Waals surface area contributed by atoms with E-state index in [1.807, 2.05) is 6.92 Å². The van der Waals surface area contributed by atoms with Gasteiger partial charge in [-0.2, -0.15) is 0 Å². The largest absolute Gasteiger partial charge is 0.396 e. The molecule has 2 nitrogen and oxygen atoms in total. The minimum absolute atomic E-state index is 0.150. The predicted molar refractivity (Wildman–Crippen MR) is 36.8 cm³/mol. The van der Waals surface area contributed by atoms with Crippen LogP contribution in [0.2, 0.25) is 0 Å². The summed E-state index contributed by atoms with van der Waals surface area (Å²) in [4.78, 5) is 0. The molecular formula is C7H15O2. The molecule has 1 radical (unpaired) electrons. The lowest BCUT2D eigenvalue weighted by Crippen LogP contribution is -2.12. The number of aliphatic hydroxyl groups is 2. The highest BCUT2D eigenvalue weighted by molar-refractivity contribution is 4.60. The van der Waals surface area contributed by atoms with Gasteiger partial charge in [-0.05, 0) is 18.8 Å². The first kappa shape index (κ1) is 8.92. The van der Waals surface area contributed by atoms with E-state index in [0.29, 0.717) is 12.8 Å². The van der Waals surface area contributed by atoms with E-state index in [-0.39, 0.29) is 18.6 Å². The maximum absolute atomic E-state index is 8.99. The van der Waals surface area contributed by atoms with Crippen LogP contribution in [0, 0.1) is 12.8 Å². The molecule has 2 atom stereocenters. The van der Waals surface area contributed by atoms with E-state index < -0.39 is 0 Å². The van der Waals surface area contributed by atoms with Crippen LogP contribution in [-0.4, -0.2) is 22.9 Å². The fraction of sp³-hybridized carbons (Fsp3) is 0.857. The topological polar surface area (TPSA) is 40.5 Å². The molecular weight excluding hydrogens is 116 g/mol. The van der Waals surface area contributed by atoms with Gasteiger partial charge in [0.1, 0.15) is 0 Å². The van der Waals surface area contributed by atoms with Crippen molar-refractivity contribution in [1.29, 1.82) is 0 Å². The summed E-state index contributed by atoms with van der Waals surface area (Å²) in [6, 6.07) is 0. The monoisotopic (exact) mass is 131 g/mol. The molecule has 0 fully saturated rings. The highest BCUT2D eigenvalue weighted by atomic mass is 16.3. The summed E-state index contributed by atoms with van der Waals surface area (Å²) in [5.41, 5.74) is 0. The van der Waals surface area contributed by atoms with Crippen molar-refractivity contribution in [1.82, 2.24) is 0 Å². The van der Waals surface area contributed by atoms with Crippen molar-refractivity contribution < 1.29 is 10.2 Å². The van der Waals surface area contributed by atoms with Crippen molar-refractivity contribution in [2.45, 2.75) is 25.9 Å². The van der Waals surface area contributed by atoms with Crippen LogP contribution in [-0.2, 0) is 0 Å². The molecule has 2 heteroatoms. The molecule has 2 N–H and O–H groups in total. The highest BCUT2D eigenvalue weighted by Crippen LogP contribution is 2.06. The normalized spacial score (nSPS) is 17.3. The van der Waals surface area contributed by atoms with Crippen molar-refractivity contribution >= 4 is 0 Å². The fourth-order valence-electron chi connectivity index (χ4n) is 0.657. The summed E-state index contributed by atoms with van der Waals surface area (Å²) >= 11 is 0. The molecule has 0 aliphatic rings. The average molecular weight is 131 g/mol. The second kappa shape index (κ2) is 4.77. The van der Waals surface area contributed by atoms with Gasteiger partial charge in [0.2, 0.25) is 0 Å². The van der Waals surface area contributed by atoms with E-state index in [1.54, 1.807) is 0 Å². The van der Waals surface area contributed by atoms with Gasteiger partial charge in [-0.25, -0.2) is 0 Å². The zero-order valence-electron chi connectivity index (χ0n) is 5.88. The molecule has 0 aromatic heterocycles. The van der Waals surface area contributed by atoms with Crippen LogP contribution in [0.4, 0.5) is 0 Å². The van der Waals surface area contributed by atoms with Gasteiger partial charge in [-0.1, -0.05) is 13.8 Å². The second-order valence-electron chi connectivity index (χ2n) is 2.47. The Morgan fingerprint density at radius 3 is 2.44 bits per heavy atom. The van der Waals surface area contributed by atoms with Crippen LogP contribution >= 0.6 is 0 Å². The molecule has 0 heterocycles. The minimum Gasteiger partial charge on any atom is -0.396 e. The van der Waals surface area contributed by atoms with Gasteiger partial charge >= 0.3 is 0 Å². The van der Waals surface area contributed by atoms with Crippen LogP contribution < -0.4 is 0 Å². The van der Waals surface area contributed by atoms with Gasteiger partial charge in [0.25, 0.3) is 0 Å². The lowest BCUT2D eigenvalue weighted by atomic mass is 10.0. The molecule has 0 aliphatic carbocycles. The Morgan fingerprint density at radius 2 is 2.11 bits per heavy atom. The maximum atomic E-state index is 8.99. The molecule has 0 rings (SSSR count).